The number of oxime groups is 1. The van der Waals surface area contributed by atoms with E-state index in [2.05, 4.69) is 26.3 Å². The van der Waals surface area contributed by atoms with Crippen molar-refractivity contribution in [3.8, 4) is 0 Å². The van der Waals surface area contributed by atoms with E-state index in [0.717, 1.165) is 17.8 Å². The SMILES string of the molecule is C=S(=O)(c1ccc(/C(=N\OCc2nccs2)C(=O)Nc2nccs2)cc1)C1CC1. The Morgan fingerprint density at radius 3 is 2.55 bits per heavy atom. The van der Waals surface area contributed by atoms with Gasteiger partial charge in [-0.15, -0.1) is 22.7 Å². The normalized spacial score (nSPS) is 16.2. The van der Waals surface area contributed by atoms with Gasteiger partial charge in [-0.05, 0) is 40.4 Å². The summed E-state index contributed by atoms with van der Waals surface area (Å²) in [7, 11) is -2.30. The molecule has 4 rings (SSSR count). The standard InChI is InChI=1S/C19H18N4O3S3/c1-29(25,15-6-7-15)14-4-2-13(3-5-14)17(18(24)22-19-21-9-11-28-19)23-26-12-16-20-8-10-27-16/h2-5,8-11,15H,1,6-7,12H2,(H,21,22,24)/b23-17+. The van der Waals surface area contributed by atoms with E-state index in [0.29, 0.717) is 15.6 Å². The molecule has 2 heterocycles. The molecule has 1 fully saturated rings. The highest BCUT2D eigenvalue weighted by atomic mass is 32.2. The molecule has 29 heavy (non-hydrogen) atoms. The molecule has 1 aromatic carbocycles. The van der Waals surface area contributed by atoms with Crippen molar-refractivity contribution in [1.29, 1.82) is 0 Å². The zero-order valence-electron chi connectivity index (χ0n) is 15.3. The van der Waals surface area contributed by atoms with Crippen LogP contribution in [0.4, 0.5) is 5.13 Å². The summed E-state index contributed by atoms with van der Waals surface area (Å²) in [4.78, 5) is 27.0. The zero-order chi connectivity index (χ0) is 20.3. The molecule has 1 amide bonds. The fourth-order valence-electron chi connectivity index (χ4n) is 2.63. The van der Waals surface area contributed by atoms with Gasteiger partial charge in [-0.25, -0.2) is 9.97 Å². The molecule has 0 spiro atoms. The van der Waals surface area contributed by atoms with Crippen LogP contribution >= 0.6 is 22.7 Å². The van der Waals surface area contributed by atoms with Gasteiger partial charge in [-0.3, -0.25) is 14.3 Å². The van der Waals surface area contributed by atoms with E-state index in [1.54, 1.807) is 42.0 Å². The molecule has 2 aromatic heterocycles. The Morgan fingerprint density at radius 1 is 1.21 bits per heavy atom. The number of hydrogen-bond acceptors (Lipinski definition) is 8. The van der Waals surface area contributed by atoms with Gasteiger partial charge in [-0.2, -0.15) is 0 Å². The van der Waals surface area contributed by atoms with E-state index in [9.17, 15) is 9.00 Å². The molecular formula is C19H18N4O3S3. The smallest absolute Gasteiger partial charge is 0.280 e. The minimum absolute atomic E-state index is 0.102. The van der Waals surface area contributed by atoms with Crippen LogP contribution in [0, 0.1) is 0 Å². The molecule has 1 N–H and O–H groups in total. The summed E-state index contributed by atoms with van der Waals surface area (Å²) in [5.41, 5.74) is 0.651. The van der Waals surface area contributed by atoms with E-state index in [1.807, 2.05) is 5.38 Å². The molecule has 3 aromatic rings. The van der Waals surface area contributed by atoms with E-state index in [4.69, 9.17) is 4.84 Å². The molecule has 1 unspecified atom stereocenters. The van der Waals surface area contributed by atoms with Crippen LogP contribution in [0.15, 0.2) is 57.5 Å². The van der Waals surface area contributed by atoms with Crippen molar-refractivity contribution in [1.82, 2.24) is 9.97 Å². The Bertz CT molecular complexity index is 1100. The van der Waals surface area contributed by atoms with Crippen LogP contribution in [0.25, 0.3) is 0 Å². The number of aromatic nitrogens is 2. The van der Waals surface area contributed by atoms with Gasteiger partial charge in [0.1, 0.15) is 5.01 Å². The number of nitrogens with one attached hydrogen (secondary N) is 1. The molecule has 7 nitrogen and oxygen atoms in total. The van der Waals surface area contributed by atoms with Crippen LogP contribution in [0.2, 0.25) is 0 Å². The van der Waals surface area contributed by atoms with Crippen molar-refractivity contribution < 1.29 is 13.8 Å². The summed E-state index contributed by atoms with van der Waals surface area (Å²) in [6, 6.07) is 6.93. The van der Waals surface area contributed by atoms with Gasteiger partial charge in [0.25, 0.3) is 5.91 Å². The summed E-state index contributed by atoms with van der Waals surface area (Å²) in [5, 5.41) is 11.7. The summed E-state index contributed by atoms with van der Waals surface area (Å²) >= 11 is 2.75. The Kier molecular flexibility index (Phi) is 5.74. The average molecular weight is 447 g/mol. The third-order valence-corrected chi connectivity index (χ3v) is 8.34. The molecule has 0 saturated heterocycles. The first-order valence-electron chi connectivity index (χ1n) is 8.80. The van der Waals surface area contributed by atoms with Gasteiger partial charge < -0.3 is 4.84 Å². The molecular weight excluding hydrogens is 428 g/mol. The number of anilines is 1. The Hall–Kier alpha value is -2.56. The van der Waals surface area contributed by atoms with Crippen LogP contribution in [0.5, 0.6) is 0 Å². The van der Waals surface area contributed by atoms with Gasteiger partial charge in [0, 0.05) is 38.9 Å². The number of hydrogen-bond donors (Lipinski definition) is 1. The van der Waals surface area contributed by atoms with Gasteiger partial charge in [0.15, 0.2) is 17.5 Å². The fourth-order valence-corrected chi connectivity index (χ4v) is 5.55. The Labute approximate surface area is 176 Å². The second-order valence-corrected chi connectivity index (χ2v) is 10.8. The van der Waals surface area contributed by atoms with Crippen LogP contribution in [0.3, 0.4) is 0 Å². The molecule has 1 atom stereocenters. The maximum absolute atomic E-state index is 12.8. The topological polar surface area (TPSA) is 93.5 Å². The lowest BCUT2D eigenvalue weighted by Crippen LogP contribution is -2.24. The summed E-state index contributed by atoms with van der Waals surface area (Å²) < 4.78 is 12.8. The molecule has 10 heteroatoms. The number of benzene rings is 1. The van der Waals surface area contributed by atoms with Gasteiger partial charge in [0.05, 0.1) is 0 Å². The average Bonchev–Trinajstić information content (AvgIpc) is 3.23. The summed E-state index contributed by atoms with van der Waals surface area (Å²) in [6.45, 7) is 0.165. The summed E-state index contributed by atoms with van der Waals surface area (Å²) in [5.74, 6) is 3.48. The van der Waals surface area contributed by atoms with Crippen LogP contribution in [-0.4, -0.2) is 36.9 Å². The highest BCUT2D eigenvalue weighted by molar-refractivity contribution is 8.01. The van der Waals surface area contributed by atoms with Crippen molar-refractivity contribution in [3.63, 3.8) is 0 Å². The first kappa shape index (κ1) is 19.7. The lowest BCUT2D eigenvalue weighted by molar-refractivity contribution is -0.110. The predicted octanol–water partition coefficient (Wildman–Crippen LogP) is 3.40. The number of rotatable bonds is 8. The number of nitrogens with zero attached hydrogens (tertiary/aromatic N) is 3. The summed E-state index contributed by atoms with van der Waals surface area (Å²) in [6.07, 6.45) is 5.17. The minimum Gasteiger partial charge on any atom is -0.388 e. The maximum atomic E-state index is 12.8. The minimum atomic E-state index is -2.30. The Balaban J connectivity index is 1.57. The highest BCUT2D eigenvalue weighted by Crippen LogP contribution is 2.33. The molecule has 0 radical (unpaired) electrons. The van der Waals surface area contributed by atoms with E-state index >= 15 is 0 Å². The lowest BCUT2D eigenvalue weighted by atomic mass is 10.1. The second-order valence-electron chi connectivity index (χ2n) is 6.38. The molecule has 0 aliphatic heterocycles. The molecule has 150 valence electrons. The number of carbonyl (C=O) groups excluding carboxylic acids is 1. The predicted molar refractivity (Wildman–Crippen MR) is 117 cm³/mol. The van der Waals surface area contributed by atoms with Crippen molar-refractivity contribution >= 4 is 54.8 Å². The first-order chi connectivity index (χ1) is 14.0. The molecule has 1 aliphatic rings. The van der Waals surface area contributed by atoms with Crippen molar-refractivity contribution in [2.75, 3.05) is 5.32 Å². The quantitative estimate of drug-likeness (QED) is 0.325. The molecule has 0 bridgehead atoms. The fraction of sp³-hybridized carbons (Fsp3) is 0.211. The van der Waals surface area contributed by atoms with E-state index in [1.165, 1.54) is 22.7 Å². The van der Waals surface area contributed by atoms with Gasteiger partial charge in [0.2, 0.25) is 0 Å². The number of amides is 1. The first-order valence-corrected chi connectivity index (χ1v) is 12.3. The van der Waals surface area contributed by atoms with Crippen LogP contribution in [0.1, 0.15) is 23.4 Å². The highest BCUT2D eigenvalue weighted by Gasteiger charge is 2.32. The number of thiazole rings is 2. The number of carbonyl (C=O) groups is 1. The van der Waals surface area contributed by atoms with Crippen LogP contribution < -0.4 is 5.32 Å². The largest absolute Gasteiger partial charge is 0.388 e. The van der Waals surface area contributed by atoms with Crippen molar-refractivity contribution in [3.05, 3.63) is 58.0 Å². The van der Waals surface area contributed by atoms with E-state index < -0.39 is 15.4 Å². The molecule has 1 saturated carbocycles. The van der Waals surface area contributed by atoms with E-state index in [-0.39, 0.29) is 17.6 Å². The third kappa shape index (κ3) is 4.72. The van der Waals surface area contributed by atoms with Gasteiger partial charge in [-0.1, -0.05) is 17.3 Å². The maximum Gasteiger partial charge on any atom is 0.280 e. The molecule has 1 aliphatic carbocycles. The van der Waals surface area contributed by atoms with Gasteiger partial charge >= 0.3 is 0 Å². The van der Waals surface area contributed by atoms with Crippen LogP contribution in [-0.2, 0) is 25.8 Å². The van der Waals surface area contributed by atoms with Crippen molar-refractivity contribution in [2.24, 2.45) is 5.16 Å². The lowest BCUT2D eigenvalue weighted by Gasteiger charge is -2.10. The third-order valence-electron chi connectivity index (χ3n) is 4.28. The monoisotopic (exact) mass is 446 g/mol. The zero-order valence-corrected chi connectivity index (χ0v) is 17.8. The second kappa shape index (κ2) is 8.44. The van der Waals surface area contributed by atoms with Crippen molar-refractivity contribution in [2.45, 2.75) is 29.6 Å². The Morgan fingerprint density at radius 2 is 1.93 bits per heavy atom.